The van der Waals surface area contributed by atoms with Crippen molar-refractivity contribution in [3.63, 3.8) is 0 Å². The highest BCUT2D eigenvalue weighted by Gasteiger charge is 2.59. The summed E-state index contributed by atoms with van der Waals surface area (Å²) in [6, 6.07) is 0. The molecule has 0 amide bonds. The van der Waals surface area contributed by atoms with Crippen molar-refractivity contribution in [1.29, 1.82) is 0 Å². The van der Waals surface area contributed by atoms with Gasteiger partial charge in [0.25, 0.3) is 16.6 Å². The third kappa shape index (κ3) is 13.9. The Labute approximate surface area is 341 Å². The molecule has 0 aromatic rings. The second kappa shape index (κ2) is 20.3. The van der Waals surface area contributed by atoms with Crippen LogP contribution >= 0.6 is 0 Å². The van der Waals surface area contributed by atoms with Crippen molar-refractivity contribution in [2.24, 2.45) is 0 Å². The van der Waals surface area contributed by atoms with Crippen molar-refractivity contribution in [3.05, 3.63) is 0 Å². The molecule has 0 saturated heterocycles. The summed E-state index contributed by atoms with van der Waals surface area (Å²) < 4.78 is 18.3. The van der Waals surface area contributed by atoms with Gasteiger partial charge in [0.2, 0.25) is 0 Å². The minimum absolute atomic E-state index is 0.514. The molecule has 2 unspecified atom stereocenters. The van der Waals surface area contributed by atoms with E-state index >= 15 is 0 Å². The molecule has 0 aromatic heterocycles. The van der Waals surface area contributed by atoms with E-state index in [9.17, 15) is 0 Å². The van der Waals surface area contributed by atoms with Gasteiger partial charge in [-0.05, 0) is 97.0 Å². The van der Waals surface area contributed by atoms with Gasteiger partial charge >= 0.3 is 0 Å². The Bertz CT molecular complexity index is 1240. The van der Waals surface area contributed by atoms with Gasteiger partial charge in [-0.25, -0.2) is 0 Å². The average molecular weight is 743 g/mol. The van der Waals surface area contributed by atoms with Crippen molar-refractivity contribution in [2.45, 2.75) is 114 Å². The molecule has 0 aliphatic carbocycles. The maximum atomic E-state index is 7.13. The lowest BCUT2D eigenvalue weighted by atomic mass is 8.79. The zero-order chi connectivity index (χ0) is 40.7. The number of hydrogen-bond donors (Lipinski definition) is 0. The van der Waals surface area contributed by atoms with Gasteiger partial charge in [-0.1, -0.05) is 30.3 Å². The van der Waals surface area contributed by atoms with Gasteiger partial charge in [0.15, 0.2) is 33.3 Å². The largest absolute Gasteiger partial charge is 0.457 e. The minimum Gasteiger partial charge on any atom is -0.457 e. The first-order valence-corrected chi connectivity index (χ1v) is 35.9. The second-order valence-corrected chi connectivity index (χ2v) is 42.1. The quantitative estimate of drug-likeness (QED) is 0.116. The third-order valence-electron chi connectivity index (χ3n) is 9.56. The van der Waals surface area contributed by atoms with Crippen molar-refractivity contribution in [2.75, 3.05) is 0 Å². The summed E-state index contributed by atoms with van der Waals surface area (Å²) in [4.78, 5) is 0. The van der Waals surface area contributed by atoms with E-state index in [1.54, 1.807) is 0 Å². The highest BCUT2D eigenvalue weighted by Crippen LogP contribution is 2.46. The van der Waals surface area contributed by atoms with Crippen LogP contribution < -0.4 is 0 Å². The first kappa shape index (κ1) is 52.6. The monoisotopic (exact) mass is 746 g/mol. The van der Waals surface area contributed by atoms with Crippen molar-refractivity contribution >= 4 is 195 Å². The number of hydrogen-bond acceptors (Lipinski definition) is 3. The van der Waals surface area contributed by atoms with Crippen LogP contribution in [-0.4, -0.2) is 195 Å². The molecule has 51 heavy (non-hydrogen) atoms. The van der Waals surface area contributed by atoms with E-state index in [1.807, 2.05) is 60.5 Å². The van der Waals surface area contributed by atoms with Gasteiger partial charge in [-0.3, -0.25) is 0 Å². The van der Waals surface area contributed by atoms with Gasteiger partial charge < -0.3 is 12.3 Å². The molecule has 0 fully saturated rings. The standard InChI is InChI=1S/C22H46B20O3Si6/c1-15-33-39(29)21(37(25)26,41(31)35-23)51(13,14)45-49(9,10)20-34-40(30)22(38(27)28,42(32)36-24)50(11,12)44-48(7,8)19-17-16-18-47(5,6)43-46(2,3)4/h15,20H2,1-14H3. The Balaban J connectivity index is 6.69. The molecule has 2 atom stereocenters. The molecule has 0 rings (SSSR count). The summed E-state index contributed by atoms with van der Waals surface area (Å²) in [5.41, 5.74) is 6.61. The molecule has 0 saturated carbocycles. The smallest absolute Gasteiger partial charge is 0.257 e. The summed E-state index contributed by atoms with van der Waals surface area (Å²) in [5.74, 6) is 6.61. The Morgan fingerprint density at radius 3 is 1.22 bits per heavy atom. The van der Waals surface area contributed by atoms with E-state index < -0.39 is 98.3 Å². The molecule has 24 radical (unpaired) electrons. The van der Waals surface area contributed by atoms with Crippen LogP contribution in [0.5, 0.6) is 0 Å². The van der Waals surface area contributed by atoms with Crippen LogP contribution in [0.25, 0.3) is 0 Å². The summed E-state index contributed by atoms with van der Waals surface area (Å²) in [5, 5.41) is 0. The average Bonchev–Trinajstić information content (AvgIpc) is 2.91. The summed E-state index contributed by atoms with van der Waals surface area (Å²) >= 11 is 0. The van der Waals surface area contributed by atoms with Gasteiger partial charge in [-0.2, -0.15) is 0 Å². The lowest BCUT2D eigenvalue weighted by Crippen LogP contribution is -2.74. The van der Waals surface area contributed by atoms with Crippen molar-refractivity contribution in [1.82, 2.24) is 0 Å². The topological polar surface area (TPSA) is 27.7 Å². The van der Waals surface area contributed by atoms with Crippen LogP contribution in [0.3, 0.4) is 0 Å². The van der Waals surface area contributed by atoms with E-state index in [2.05, 4.69) is 68.8 Å². The molecule has 29 heteroatoms. The lowest BCUT2D eigenvalue weighted by molar-refractivity contribution is 0.545. The number of rotatable bonds is 21. The molecular weight excluding hydrogens is 697 g/mol. The minimum atomic E-state index is -3.04. The van der Waals surface area contributed by atoms with E-state index in [-0.39, 0.29) is 0 Å². The normalized spacial score (nSPS) is 14.9. The molecule has 0 bridgehead atoms. The van der Waals surface area contributed by atoms with Crippen LogP contribution in [0.4, 0.5) is 0 Å². The van der Waals surface area contributed by atoms with Crippen LogP contribution in [0.15, 0.2) is 0 Å². The van der Waals surface area contributed by atoms with Crippen LogP contribution in [0.1, 0.15) is 6.92 Å². The Morgan fingerprint density at radius 2 is 0.882 bits per heavy atom. The lowest BCUT2D eigenvalue weighted by Gasteiger charge is -2.59. The Morgan fingerprint density at radius 1 is 0.529 bits per heavy atom. The van der Waals surface area contributed by atoms with E-state index in [4.69, 9.17) is 89.7 Å². The first-order valence-electron chi connectivity index (χ1n) is 17.8. The summed E-state index contributed by atoms with van der Waals surface area (Å²) in [6.45, 7) is 24.5. The molecule has 0 heterocycles. The molecule has 3 nitrogen and oxygen atoms in total. The molecule has 0 spiro atoms. The summed E-state index contributed by atoms with van der Waals surface area (Å²) in [6.07, 6.45) is 0.703. The van der Waals surface area contributed by atoms with Crippen LogP contribution in [0, 0.1) is 22.9 Å². The predicted molar refractivity (Wildman–Crippen MR) is 265 cm³/mol. The van der Waals surface area contributed by atoms with Gasteiger partial charge in [-0.15, -0.1) is 9.47 Å². The zero-order valence-electron chi connectivity index (χ0n) is 34.2. The SMILES string of the molecule is [B][B]B([B])C(B([B])[B])(B([B])[B]C[Si](C)(C)O[Si](C)(C)C(B([B])[B])(B([B])[B][B])B([B])[B]CC)[Si](C)(C)O[Si](C)(C)C#CC#C[Si](C)(C)O[Si](C)(C)C. The fraction of sp³-hybridized carbons (Fsp3) is 0.818. The molecule has 236 valence electrons. The fourth-order valence-corrected chi connectivity index (χ4v) is 33.5. The van der Waals surface area contributed by atoms with E-state index in [0.717, 1.165) is 0 Å². The predicted octanol–water partition coefficient (Wildman–Crippen LogP) is -0.645. The molecule has 0 aromatic carbocycles. The highest BCUT2D eigenvalue weighted by atomic mass is 28.4. The second-order valence-electron chi connectivity index (χ2n) is 17.2. The third-order valence-corrected chi connectivity index (χ3v) is 31.2. The maximum absolute atomic E-state index is 7.13. The van der Waals surface area contributed by atoms with Crippen LogP contribution in [-0.2, 0) is 12.3 Å². The molecule has 0 aliphatic heterocycles. The van der Waals surface area contributed by atoms with E-state index in [1.165, 1.54) is 14.1 Å². The molecular formula is C22H46B20O3Si6. The van der Waals surface area contributed by atoms with Gasteiger partial charge in [0, 0.05) is 130 Å². The Hall–Kier alpha value is 1.60. The summed E-state index contributed by atoms with van der Waals surface area (Å²) in [7, 11) is 57.4. The molecule has 0 N–H and O–H groups in total. The van der Waals surface area contributed by atoms with E-state index in [0.29, 0.717) is 12.3 Å². The fourth-order valence-electron chi connectivity index (χ4n) is 7.84. The first-order chi connectivity index (χ1) is 22.8. The van der Waals surface area contributed by atoms with Gasteiger partial charge in [0.1, 0.15) is 0 Å². The van der Waals surface area contributed by atoms with Crippen LogP contribution in [0.2, 0.25) is 107 Å². The Kier molecular flexibility index (Phi) is 21.0. The van der Waals surface area contributed by atoms with Gasteiger partial charge in [0.05, 0.1) is 14.3 Å². The zero-order valence-corrected chi connectivity index (χ0v) is 40.2. The van der Waals surface area contributed by atoms with Crippen molar-refractivity contribution < 1.29 is 12.3 Å². The van der Waals surface area contributed by atoms with Crippen molar-refractivity contribution in [3.8, 4) is 22.9 Å². The maximum Gasteiger partial charge on any atom is 0.257 e. The highest BCUT2D eigenvalue weighted by molar-refractivity contribution is 7.66. The molecule has 0 aliphatic rings.